The molecule has 7 N–H and O–H groups in total. The van der Waals surface area contributed by atoms with Gasteiger partial charge in [0.1, 0.15) is 17.2 Å². The number of carbonyl (C=O) groups excluding carboxylic acids is 5. The molecule has 2 rings (SSSR count). The maximum Gasteiger partial charge on any atom is 0.407 e. The number of nitrogens with zero attached hydrogens (tertiary/aromatic N) is 2. The van der Waals surface area contributed by atoms with Crippen LogP contribution in [-0.2, 0) is 41.7 Å². The zero-order chi connectivity index (χ0) is 36.9. The van der Waals surface area contributed by atoms with Gasteiger partial charge in [-0.15, -0.1) is 0 Å². The van der Waals surface area contributed by atoms with Crippen LogP contribution < -0.4 is 32.3 Å². The smallest absolute Gasteiger partial charge is 0.407 e. The topological polar surface area (TPSA) is 245 Å². The number of amides is 4. The molecule has 0 aliphatic carbocycles. The predicted molar refractivity (Wildman–Crippen MR) is 183 cm³/mol. The van der Waals surface area contributed by atoms with Crippen LogP contribution in [0.25, 0.3) is 0 Å². The van der Waals surface area contributed by atoms with Gasteiger partial charge >= 0.3 is 6.09 Å². The van der Waals surface area contributed by atoms with Crippen molar-refractivity contribution in [2.75, 3.05) is 26.3 Å². The Labute approximate surface area is 290 Å². The van der Waals surface area contributed by atoms with Crippen LogP contribution in [0.3, 0.4) is 0 Å². The van der Waals surface area contributed by atoms with Gasteiger partial charge in [0.2, 0.25) is 17.6 Å². The molecule has 0 aliphatic rings. The molecule has 0 aromatic heterocycles. The van der Waals surface area contributed by atoms with Crippen molar-refractivity contribution >= 4 is 35.6 Å². The minimum Gasteiger partial charge on any atom is -0.449 e. The Hall–Kier alpha value is -5.58. The molecule has 0 fully saturated rings. The first-order valence-corrected chi connectivity index (χ1v) is 16.1. The number of ketones is 1. The van der Waals surface area contributed by atoms with Crippen molar-refractivity contribution in [1.82, 2.24) is 26.6 Å². The minimum atomic E-state index is -1.32. The molecule has 0 radical (unpaired) electrons. The fourth-order valence-corrected chi connectivity index (χ4v) is 4.28. The predicted octanol–water partition coefficient (Wildman–Crippen LogP) is 0.748. The molecule has 0 aliphatic heterocycles. The Morgan fingerprint density at radius 2 is 1.46 bits per heavy atom. The fraction of sp³-hybridized carbons (Fsp3) is 0.455. The van der Waals surface area contributed by atoms with Crippen molar-refractivity contribution in [3.63, 3.8) is 0 Å². The van der Waals surface area contributed by atoms with Gasteiger partial charge in [0.25, 0.3) is 11.9 Å². The molecular weight excluding hydrogens is 652 g/mol. The van der Waals surface area contributed by atoms with Gasteiger partial charge in [-0.2, -0.15) is 0 Å². The van der Waals surface area contributed by atoms with E-state index >= 15 is 0 Å². The standard InChI is InChI=1S/C33H46N8O9/c1-22(2)19-50-33(46)39-27(21-49-20-25-13-8-5-9-14-25)30(44)37-23(3)29(43)38-26(15-10-17-36-32(34)40-41(47)48)28(42)31(45)35-18-16-24-11-6-4-7-12-24/h4-9,11-14,22-23,26-27H,10,15-21H2,1-3H3,(H,35,45)(H,37,44)(H,38,43)(H,39,46)(H3,34,36,40)/t23-,26?,27?/m0/s1. The Bertz CT molecular complexity index is 1440. The quantitative estimate of drug-likeness (QED) is 0.0265. The number of alkyl carbamates (subject to hydrolysis) is 1. The SMILES string of the molecule is CC(C)COC(=O)NC(COCc1ccccc1)C(=O)N[C@@H](C)C(=O)NC(CCCN/C(N)=N/[N+](=O)[O-])C(=O)C(=O)NCCc1ccccc1. The summed E-state index contributed by atoms with van der Waals surface area (Å²) in [5.41, 5.74) is 7.21. The number of hydrazone groups is 1. The summed E-state index contributed by atoms with van der Waals surface area (Å²) in [6.07, 6.45) is -0.296. The fourth-order valence-electron chi connectivity index (χ4n) is 4.28. The summed E-state index contributed by atoms with van der Waals surface area (Å²) in [7, 11) is 0. The largest absolute Gasteiger partial charge is 0.449 e. The Kier molecular flexibility index (Phi) is 18.0. The lowest BCUT2D eigenvalue weighted by Gasteiger charge is -2.23. The van der Waals surface area contributed by atoms with Crippen molar-refractivity contribution in [2.24, 2.45) is 16.8 Å². The lowest BCUT2D eigenvalue weighted by molar-refractivity contribution is -0.485. The van der Waals surface area contributed by atoms with Crippen LogP contribution in [0.5, 0.6) is 0 Å². The number of ether oxygens (including phenoxy) is 2. The van der Waals surface area contributed by atoms with E-state index < -0.39 is 58.7 Å². The first-order valence-electron chi connectivity index (χ1n) is 16.1. The second kappa shape index (κ2) is 22.1. The molecule has 0 heterocycles. The minimum absolute atomic E-state index is 0.0357. The highest BCUT2D eigenvalue weighted by molar-refractivity contribution is 6.38. The first kappa shape index (κ1) is 40.6. The molecule has 2 aromatic rings. The van der Waals surface area contributed by atoms with Crippen LogP contribution in [0.4, 0.5) is 4.79 Å². The van der Waals surface area contributed by atoms with Crippen LogP contribution in [0.15, 0.2) is 65.8 Å². The number of nitrogens with two attached hydrogens (primary N) is 1. The molecule has 17 nitrogen and oxygen atoms in total. The second-order valence-corrected chi connectivity index (χ2v) is 11.6. The lowest BCUT2D eigenvalue weighted by Crippen LogP contribution is -2.56. The van der Waals surface area contributed by atoms with E-state index in [0.29, 0.717) is 6.42 Å². The average Bonchev–Trinajstić information content (AvgIpc) is 3.08. The summed E-state index contributed by atoms with van der Waals surface area (Å²) in [6.45, 7) is 5.29. The third-order valence-corrected chi connectivity index (χ3v) is 6.87. The highest BCUT2D eigenvalue weighted by Gasteiger charge is 2.30. The summed E-state index contributed by atoms with van der Waals surface area (Å²) in [6, 6.07) is 14.7. The van der Waals surface area contributed by atoms with Crippen LogP contribution in [0.2, 0.25) is 0 Å². The monoisotopic (exact) mass is 698 g/mol. The van der Waals surface area contributed by atoms with Crippen molar-refractivity contribution in [3.05, 3.63) is 81.9 Å². The Balaban J connectivity index is 2.06. The van der Waals surface area contributed by atoms with Gasteiger partial charge in [-0.25, -0.2) is 14.9 Å². The van der Waals surface area contributed by atoms with E-state index in [0.717, 1.165) is 11.1 Å². The van der Waals surface area contributed by atoms with E-state index in [1.807, 2.05) is 74.5 Å². The van der Waals surface area contributed by atoms with E-state index in [1.165, 1.54) is 6.92 Å². The highest BCUT2D eigenvalue weighted by atomic mass is 16.7. The van der Waals surface area contributed by atoms with Gasteiger partial charge in [-0.05, 0) is 43.2 Å². The van der Waals surface area contributed by atoms with Crippen LogP contribution in [0.1, 0.15) is 44.7 Å². The molecule has 17 heteroatoms. The number of hydrogen-bond acceptors (Lipinski definition) is 9. The number of hydrogen-bond donors (Lipinski definition) is 6. The number of benzene rings is 2. The van der Waals surface area contributed by atoms with Gasteiger partial charge in [0.15, 0.2) is 5.03 Å². The number of nitro groups is 1. The van der Waals surface area contributed by atoms with Gasteiger partial charge in [-0.1, -0.05) is 74.5 Å². The van der Waals surface area contributed by atoms with Crippen molar-refractivity contribution < 1.29 is 38.5 Å². The lowest BCUT2D eigenvalue weighted by atomic mass is 10.0. The third-order valence-electron chi connectivity index (χ3n) is 6.87. The van der Waals surface area contributed by atoms with E-state index in [4.69, 9.17) is 15.2 Å². The number of nitrogens with one attached hydrogen (secondary N) is 5. The van der Waals surface area contributed by atoms with Gasteiger partial charge in [0, 0.05) is 13.1 Å². The highest BCUT2D eigenvalue weighted by Crippen LogP contribution is 2.04. The molecule has 2 aromatic carbocycles. The number of rotatable bonds is 21. The van der Waals surface area contributed by atoms with E-state index in [-0.39, 0.29) is 51.7 Å². The molecule has 3 atom stereocenters. The van der Waals surface area contributed by atoms with E-state index in [9.17, 15) is 34.1 Å². The Morgan fingerprint density at radius 1 is 0.820 bits per heavy atom. The van der Waals surface area contributed by atoms with Gasteiger partial charge < -0.3 is 41.8 Å². The molecule has 272 valence electrons. The Morgan fingerprint density at radius 3 is 2.08 bits per heavy atom. The summed E-state index contributed by atoms with van der Waals surface area (Å²) >= 11 is 0. The second-order valence-electron chi connectivity index (χ2n) is 11.6. The van der Waals surface area contributed by atoms with E-state index in [2.05, 4.69) is 31.7 Å². The number of Topliss-reactive ketones (excluding diaryl/α,β-unsaturated/α-hetero) is 1. The van der Waals surface area contributed by atoms with Crippen LogP contribution >= 0.6 is 0 Å². The van der Waals surface area contributed by atoms with Gasteiger partial charge in [-0.3, -0.25) is 19.2 Å². The van der Waals surface area contributed by atoms with Crippen molar-refractivity contribution in [2.45, 2.75) is 64.8 Å². The number of guanidine groups is 1. The maximum atomic E-state index is 13.2. The van der Waals surface area contributed by atoms with Crippen molar-refractivity contribution in [1.29, 1.82) is 0 Å². The maximum absolute atomic E-state index is 13.2. The summed E-state index contributed by atoms with van der Waals surface area (Å²) in [5.74, 6) is -3.81. The average molecular weight is 699 g/mol. The molecule has 50 heavy (non-hydrogen) atoms. The molecule has 0 saturated heterocycles. The van der Waals surface area contributed by atoms with Crippen molar-refractivity contribution in [3.8, 4) is 0 Å². The molecule has 0 saturated carbocycles. The zero-order valence-corrected chi connectivity index (χ0v) is 28.4. The molecule has 4 amide bonds. The molecular formula is C33H46N8O9. The van der Waals surface area contributed by atoms with E-state index in [1.54, 1.807) is 0 Å². The first-order chi connectivity index (χ1) is 23.8. The molecule has 0 spiro atoms. The van der Waals surface area contributed by atoms with Crippen LogP contribution in [-0.4, -0.2) is 85.0 Å². The van der Waals surface area contributed by atoms with Crippen LogP contribution in [0, 0.1) is 16.0 Å². The normalized spacial score (nSPS) is 12.9. The molecule has 2 unspecified atom stereocenters. The summed E-state index contributed by atoms with van der Waals surface area (Å²) in [5, 5.41) is 25.0. The van der Waals surface area contributed by atoms with Gasteiger partial charge in [0.05, 0.1) is 25.9 Å². The number of carbonyl (C=O) groups is 5. The summed E-state index contributed by atoms with van der Waals surface area (Å²) < 4.78 is 10.8. The summed E-state index contributed by atoms with van der Waals surface area (Å²) in [4.78, 5) is 75.3. The zero-order valence-electron chi connectivity index (χ0n) is 28.4. The third kappa shape index (κ3) is 16.5. The molecule has 0 bridgehead atoms.